The third-order valence-corrected chi connectivity index (χ3v) is 6.00. The van der Waals surface area contributed by atoms with Crippen LogP contribution in [0.3, 0.4) is 0 Å². The Balaban J connectivity index is 1.53. The van der Waals surface area contributed by atoms with E-state index in [1.54, 1.807) is 11.3 Å². The monoisotopic (exact) mass is 404 g/mol. The fraction of sp³-hybridized carbons (Fsp3) is 0.368. The number of thiophene rings is 1. The van der Waals surface area contributed by atoms with E-state index in [2.05, 4.69) is 10.6 Å². The average molecular weight is 405 g/mol. The van der Waals surface area contributed by atoms with Crippen molar-refractivity contribution < 1.29 is 19.0 Å². The second-order valence-corrected chi connectivity index (χ2v) is 7.86. The molecule has 0 bridgehead atoms. The van der Waals surface area contributed by atoms with Crippen molar-refractivity contribution in [3.63, 3.8) is 0 Å². The number of thiocarbonyl (C=S) groups is 1. The minimum atomic E-state index is -0.320. The SMILES string of the molecule is COC(=O)c1c(NC(=S)Nc2ccc3c(c2)OCCO3)sc2c1CCCC2. The van der Waals surface area contributed by atoms with Gasteiger partial charge in [0.25, 0.3) is 0 Å². The summed E-state index contributed by atoms with van der Waals surface area (Å²) in [7, 11) is 1.41. The van der Waals surface area contributed by atoms with Gasteiger partial charge >= 0.3 is 5.97 Å². The lowest BCUT2D eigenvalue weighted by Crippen LogP contribution is -2.21. The van der Waals surface area contributed by atoms with Crippen LogP contribution >= 0.6 is 23.6 Å². The predicted octanol–water partition coefficient (Wildman–Crippen LogP) is 3.99. The van der Waals surface area contributed by atoms with Gasteiger partial charge in [-0.1, -0.05) is 0 Å². The Bertz CT molecular complexity index is 894. The molecule has 0 saturated carbocycles. The highest BCUT2D eigenvalue weighted by Gasteiger charge is 2.26. The van der Waals surface area contributed by atoms with Gasteiger partial charge in [-0.3, -0.25) is 0 Å². The van der Waals surface area contributed by atoms with E-state index in [0.29, 0.717) is 29.6 Å². The topological polar surface area (TPSA) is 68.8 Å². The molecule has 1 aromatic heterocycles. The summed E-state index contributed by atoms with van der Waals surface area (Å²) in [4.78, 5) is 13.6. The summed E-state index contributed by atoms with van der Waals surface area (Å²) in [5.41, 5.74) is 2.50. The summed E-state index contributed by atoms with van der Waals surface area (Å²) < 4.78 is 16.1. The van der Waals surface area contributed by atoms with Crippen molar-refractivity contribution in [2.45, 2.75) is 25.7 Å². The lowest BCUT2D eigenvalue weighted by molar-refractivity contribution is 0.0601. The van der Waals surface area contributed by atoms with Crippen LogP contribution in [0.25, 0.3) is 0 Å². The highest BCUT2D eigenvalue weighted by atomic mass is 32.1. The van der Waals surface area contributed by atoms with Gasteiger partial charge in [-0.25, -0.2) is 4.79 Å². The maximum Gasteiger partial charge on any atom is 0.341 e. The van der Waals surface area contributed by atoms with Gasteiger partial charge in [0.15, 0.2) is 16.6 Å². The number of rotatable bonds is 3. The van der Waals surface area contributed by atoms with Gasteiger partial charge in [-0.05, 0) is 55.6 Å². The van der Waals surface area contributed by atoms with Crippen LogP contribution in [0.2, 0.25) is 0 Å². The zero-order valence-electron chi connectivity index (χ0n) is 14.9. The van der Waals surface area contributed by atoms with Gasteiger partial charge in [0.05, 0.1) is 12.7 Å². The van der Waals surface area contributed by atoms with Crippen molar-refractivity contribution in [2.24, 2.45) is 0 Å². The molecular weight excluding hydrogens is 384 g/mol. The number of carbonyl (C=O) groups is 1. The first-order chi connectivity index (χ1) is 13.2. The van der Waals surface area contributed by atoms with E-state index in [-0.39, 0.29) is 5.97 Å². The number of esters is 1. The number of anilines is 2. The van der Waals surface area contributed by atoms with Crippen LogP contribution in [0.1, 0.15) is 33.6 Å². The van der Waals surface area contributed by atoms with Gasteiger partial charge in [0.2, 0.25) is 0 Å². The molecule has 1 aliphatic carbocycles. The number of hydrogen-bond donors (Lipinski definition) is 2. The summed E-state index contributed by atoms with van der Waals surface area (Å²) in [6.07, 6.45) is 4.13. The molecule has 2 aromatic rings. The molecule has 0 atom stereocenters. The summed E-state index contributed by atoms with van der Waals surface area (Å²) in [5, 5.41) is 7.47. The van der Waals surface area contributed by atoms with E-state index in [1.165, 1.54) is 12.0 Å². The molecule has 0 radical (unpaired) electrons. The van der Waals surface area contributed by atoms with E-state index in [1.807, 2.05) is 18.2 Å². The van der Waals surface area contributed by atoms with E-state index in [0.717, 1.165) is 47.7 Å². The molecule has 0 spiro atoms. The first-order valence-electron chi connectivity index (χ1n) is 8.86. The number of benzene rings is 1. The van der Waals surface area contributed by atoms with Crippen LogP contribution in [0.5, 0.6) is 11.5 Å². The van der Waals surface area contributed by atoms with Gasteiger partial charge in [0.1, 0.15) is 18.2 Å². The van der Waals surface area contributed by atoms with Crippen molar-refractivity contribution in [1.29, 1.82) is 0 Å². The molecule has 2 aliphatic rings. The largest absolute Gasteiger partial charge is 0.486 e. The van der Waals surface area contributed by atoms with Gasteiger partial charge in [-0.15, -0.1) is 11.3 Å². The third-order valence-electron chi connectivity index (χ3n) is 4.59. The lowest BCUT2D eigenvalue weighted by Gasteiger charge is -2.19. The fourth-order valence-electron chi connectivity index (χ4n) is 3.36. The van der Waals surface area contributed by atoms with Crippen molar-refractivity contribution in [3.05, 3.63) is 34.2 Å². The second kappa shape index (κ2) is 7.74. The minimum Gasteiger partial charge on any atom is -0.486 e. The van der Waals surface area contributed by atoms with E-state index in [9.17, 15) is 4.79 Å². The fourth-order valence-corrected chi connectivity index (χ4v) is 4.92. The minimum absolute atomic E-state index is 0.320. The summed E-state index contributed by atoms with van der Waals surface area (Å²) >= 11 is 7.04. The molecule has 1 aliphatic heterocycles. The van der Waals surface area contributed by atoms with Crippen molar-refractivity contribution in [1.82, 2.24) is 0 Å². The predicted molar refractivity (Wildman–Crippen MR) is 110 cm³/mol. The summed E-state index contributed by atoms with van der Waals surface area (Å²) in [6.45, 7) is 1.08. The Kier molecular flexibility index (Phi) is 5.18. The number of methoxy groups -OCH3 is 1. The van der Waals surface area contributed by atoms with Crippen LogP contribution < -0.4 is 20.1 Å². The molecule has 6 nitrogen and oxygen atoms in total. The van der Waals surface area contributed by atoms with Crippen LogP contribution in [-0.4, -0.2) is 31.4 Å². The normalized spacial score (nSPS) is 14.9. The van der Waals surface area contributed by atoms with E-state index >= 15 is 0 Å². The lowest BCUT2D eigenvalue weighted by atomic mass is 9.95. The average Bonchev–Trinajstić information content (AvgIpc) is 3.04. The summed E-state index contributed by atoms with van der Waals surface area (Å²) in [5.74, 6) is 1.10. The molecule has 142 valence electrons. The molecule has 1 aromatic carbocycles. The molecule has 0 amide bonds. The Morgan fingerprint density at radius 2 is 1.93 bits per heavy atom. The molecule has 2 heterocycles. The Hall–Kier alpha value is -2.32. The third kappa shape index (κ3) is 3.72. The number of aryl methyl sites for hydroxylation is 1. The number of ether oxygens (including phenoxy) is 3. The quantitative estimate of drug-likeness (QED) is 0.592. The number of carbonyl (C=O) groups excluding carboxylic acids is 1. The van der Waals surface area contributed by atoms with Gasteiger partial charge < -0.3 is 24.8 Å². The zero-order valence-corrected chi connectivity index (χ0v) is 16.6. The Morgan fingerprint density at radius 3 is 2.74 bits per heavy atom. The standard InChI is InChI=1S/C19H20N2O4S2/c1-23-18(22)16-12-4-2-3-5-15(12)27-17(16)21-19(26)20-11-6-7-13-14(10-11)25-9-8-24-13/h6-7,10H,2-5,8-9H2,1H3,(H2,20,21,26). The zero-order chi connectivity index (χ0) is 18.8. The van der Waals surface area contributed by atoms with Gasteiger partial charge in [-0.2, -0.15) is 0 Å². The highest BCUT2D eigenvalue weighted by Crippen LogP contribution is 2.39. The first-order valence-corrected chi connectivity index (χ1v) is 10.1. The maximum atomic E-state index is 12.3. The second-order valence-electron chi connectivity index (χ2n) is 6.34. The molecule has 4 rings (SSSR count). The van der Waals surface area contributed by atoms with Crippen molar-refractivity contribution in [3.8, 4) is 11.5 Å². The number of hydrogen-bond acceptors (Lipinski definition) is 6. The molecular formula is C19H20N2O4S2. The van der Waals surface area contributed by atoms with Gasteiger partial charge in [0, 0.05) is 16.6 Å². The molecule has 0 saturated heterocycles. The number of fused-ring (bicyclic) bond motifs is 2. The van der Waals surface area contributed by atoms with E-state index < -0.39 is 0 Å². The molecule has 2 N–H and O–H groups in total. The molecule has 0 unspecified atom stereocenters. The van der Waals surface area contributed by atoms with Crippen LogP contribution in [0.4, 0.5) is 10.7 Å². The van der Waals surface area contributed by atoms with Crippen molar-refractivity contribution >= 4 is 45.3 Å². The van der Waals surface area contributed by atoms with Crippen molar-refractivity contribution in [2.75, 3.05) is 31.0 Å². The smallest absolute Gasteiger partial charge is 0.341 e. The Labute approximate surface area is 166 Å². The molecule has 27 heavy (non-hydrogen) atoms. The highest BCUT2D eigenvalue weighted by molar-refractivity contribution is 7.80. The molecule has 0 fully saturated rings. The maximum absolute atomic E-state index is 12.3. The van der Waals surface area contributed by atoms with Crippen LogP contribution in [0.15, 0.2) is 18.2 Å². The summed E-state index contributed by atoms with van der Waals surface area (Å²) in [6, 6.07) is 5.58. The Morgan fingerprint density at radius 1 is 1.15 bits per heavy atom. The number of nitrogens with one attached hydrogen (secondary N) is 2. The first kappa shape index (κ1) is 18.1. The molecule has 8 heteroatoms. The van der Waals surface area contributed by atoms with E-state index in [4.69, 9.17) is 26.4 Å². The van der Waals surface area contributed by atoms with Crippen LogP contribution in [0, 0.1) is 0 Å². The van der Waals surface area contributed by atoms with Crippen LogP contribution in [-0.2, 0) is 17.6 Å².